The summed E-state index contributed by atoms with van der Waals surface area (Å²) >= 11 is 0. The Labute approximate surface area is 178 Å². The molecule has 0 unspecified atom stereocenters. The van der Waals surface area contributed by atoms with Crippen LogP contribution in [0.5, 0.6) is 0 Å². The highest BCUT2D eigenvalue weighted by Gasteiger charge is 1.95. The standard InChI is InChI=1S/C18H39N4O8/c19-1-3-23-5-7-25-9-11-27-13-15-29-17-18-30-16-14-28-12-10-26-8-6-24-4-2-21-22-20/h20H,1-19H2/q+1. The van der Waals surface area contributed by atoms with Crippen molar-refractivity contribution in [2.45, 2.75) is 0 Å². The Morgan fingerprint density at radius 1 is 0.467 bits per heavy atom. The van der Waals surface area contributed by atoms with Gasteiger partial charge in [-0.25, -0.2) is 0 Å². The minimum absolute atomic E-state index is 0.397. The van der Waals surface area contributed by atoms with Crippen LogP contribution < -0.4 is 10.6 Å². The molecule has 0 saturated heterocycles. The Morgan fingerprint density at radius 2 is 0.733 bits per heavy atom. The Balaban J connectivity index is 2.99. The van der Waals surface area contributed by atoms with E-state index in [0.717, 1.165) is 0 Å². The quantitative estimate of drug-likeness (QED) is 0.104. The second kappa shape index (κ2) is 27.9. The fourth-order valence-electron chi connectivity index (χ4n) is 1.88. The first kappa shape index (κ1) is 28.9. The lowest BCUT2D eigenvalue weighted by molar-refractivity contribution is -0.0228. The highest BCUT2D eigenvalue weighted by atomic mass is 16.6. The second-order valence-corrected chi connectivity index (χ2v) is 5.65. The number of nitrogens with two attached hydrogens (primary N) is 1. The predicted molar refractivity (Wildman–Crippen MR) is 108 cm³/mol. The molecular formula is C18H39N4O8+. The number of rotatable bonds is 26. The molecule has 0 fully saturated rings. The molecule has 12 heteroatoms. The van der Waals surface area contributed by atoms with Gasteiger partial charge in [-0.2, -0.15) is 0 Å². The van der Waals surface area contributed by atoms with Gasteiger partial charge in [-0.1, -0.05) is 0 Å². The summed E-state index contributed by atoms with van der Waals surface area (Å²) in [6.07, 6.45) is 0. The SMILES string of the molecule is N=[N+]=NCCOCCOCCOCCOCCOCCOCCOCCOCCN. The maximum Gasteiger partial charge on any atom is 0.214 e. The van der Waals surface area contributed by atoms with Crippen LogP contribution in [-0.2, 0) is 37.9 Å². The third-order valence-electron chi connectivity index (χ3n) is 3.27. The maximum atomic E-state index is 6.48. The zero-order valence-electron chi connectivity index (χ0n) is 18.0. The van der Waals surface area contributed by atoms with Crippen LogP contribution in [0.3, 0.4) is 0 Å². The zero-order valence-corrected chi connectivity index (χ0v) is 18.0. The third kappa shape index (κ3) is 27.0. The lowest BCUT2D eigenvalue weighted by atomic mass is 10.6. The molecule has 0 aliphatic carbocycles. The van der Waals surface area contributed by atoms with Gasteiger partial charge in [0, 0.05) is 6.54 Å². The fraction of sp³-hybridized carbons (Fsp3) is 1.00. The van der Waals surface area contributed by atoms with Gasteiger partial charge in [-0.05, 0) is 0 Å². The van der Waals surface area contributed by atoms with Gasteiger partial charge in [0.2, 0.25) is 4.91 Å². The summed E-state index contributed by atoms with van der Waals surface area (Å²) in [6, 6.07) is 0. The Bertz CT molecular complexity index is 376. The van der Waals surface area contributed by atoms with Crippen molar-refractivity contribution in [2.24, 2.45) is 10.8 Å². The first-order valence-electron chi connectivity index (χ1n) is 10.3. The molecular weight excluding hydrogens is 400 g/mol. The summed E-state index contributed by atoms with van der Waals surface area (Å²) in [5.74, 6) is 0. The van der Waals surface area contributed by atoms with Crippen LogP contribution in [0.15, 0.2) is 5.11 Å². The molecule has 0 saturated carbocycles. The largest absolute Gasteiger partial charge is 0.378 e. The third-order valence-corrected chi connectivity index (χ3v) is 3.27. The van der Waals surface area contributed by atoms with Crippen LogP contribution in [0.1, 0.15) is 0 Å². The van der Waals surface area contributed by atoms with Crippen molar-refractivity contribution in [1.29, 1.82) is 5.53 Å². The molecule has 0 aliphatic rings. The highest BCUT2D eigenvalue weighted by molar-refractivity contribution is 4.38. The van der Waals surface area contributed by atoms with Gasteiger partial charge in [-0.15, -0.1) is 0 Å². The molecule has 0 aromatic heterocycles. The highest BCUT2D eigenvalue weighted by Crippen LogP contribution is 1.85. The molecule has 0 rings (SSSR count). The molecule has 30 heavy (non-hydrogen) atoms. The first-order valence-corrected chi connectivity index (χ1v) is 10.3. The molecule has 0 radical (unpaired) electrons. The monoisotopic (exact) mass is 439 g/mol. The minimum Gasteiger partial charge on any atom is -0.378 e. The molecule has 0 bridgehead atoms. The van der Waals surface area contributed by atoms with Gasteiger partial charge in [0.15, 0.2) is 0 Å². The number of nitrogens with zero attached hydrogens (tertiary/aromatic N) is 2. The van der Waals surface area contributed by atoms with E-state index in [-0.39, 0.29) is 0 Å². The summed E-state index contributed by atoms with van der Waals surface area (Å²) in [5, 5.41) is 3.47. The average molecular weight is 440 g/mol. The molecule has 3 N–H and O–H groups in total. The van der Waals surface area contributed by atoms with E-state index in [1.54, 1.807) is 0 Å². The molecule has 178 valence electrons. The zero-order chi connectivity index (χ0) is 21.8. The molecule has 0 aliphatic heterocycles. The second-order valence-electron chi connectivity index (χ2n) is 5.65. The van der Waals surface area contributed by atoms with E-state index >= 15 is 0 Å². The van der Waals surface area contributed by atoms with Crippen LogP contribution in [0.2, 0.25) is 0 Å². The van der Waals surface area contributed by atoms with Gasteiger partial charge >= 0.3 is 0 Å². The molecule has 0 aromatic rings. The van der Waals surface area contributed by atoms with Gasteiger partial charge < -0.3 is 43.6 Å². The van der Waals surface area contributed by atoms with E-state index in [2.05, 4.69) is 10.0 Å². The van der Waals surface area contributed by atoms with E-state index < -0.39 is 0 Å². The Hall–Kier alpha value is -1.05. The van der Waals surface area contributed by atoms with Crippen LogP contribution in [-0.4, -0.2) is 119 Å². The first-order chi connectivity index (χ1) is 14.9. The van der Waals surface area contributed by atoms with Crippen molar-refractivity contribution in [1.82, 2.24) is 4.91 Å². The molecule has 0 aromatic carbocycles. The lowest BCUT2D eigenvalue weighted by Crippen LogP contribution is -2.15. The van der Waals surface area contributed by atoms with E-state index in [9.17, 15) is 0 Å². The van der Waals surface area contributed by atoms with Crippen LogP contribution >= 0.6 is 0 Å². The summed E-state index contributed by atoms with van der Waals surface area (Å²) in [7, 11) is 0. The van der Waals surface area contributed by atoms with Gasteiger partial charge in [0.1, 0.15) is 17.2 Å². The van der Waals surface area contributed by atoms with Crippen LogP contribution in [0, 0.1) is 5.53 Å². The number of ether oxygens (including phenoxy) is 8. The van der Waals surface area contributed by atoms with Crippen LogP contribution in [0.25, 0.3) is 0 Å². The van der Waals surface area contributed by atoms with Crippen molar-refractivity contribution in [3.05, 3.63) is 0 Å². The molecule has 0 heterocycles. The van der Waals surface area contributed by atoms with Crippen molar-refractivity contribution in [3.63, 3.8) is 0 Å². The smallest absolute Gasteiger partial charge is 0.214 e. The molecule has 0 amide bonds. The summed E-state index contributed by atoms with van der Waals surface area (Å²) in [4.78, 5) is 2.88. The topological polar surface area (TPSA) is 150 Å². The maximum absolute atomic E-state index is 6.48. The summed E-state index contributed by atoms with van der Waals surface area (Å²) in [6.45, 7) is 9.20. The Kier molecular flexibility index (Phi) is 27.0. The van der Waals surface area contributed by atoms with Gasteiger partial charge in [0.05, 0.1) is 106 Å². The number of nitrogens with one attached hydrogen (secondary N) is 1. The summed E-state index contributed by atoms with van der Waals surface area (Å²) in [5.41, 5.74) is 11.8. The van der Waals surface area contributed by atoms with Gasteiger partial charge in [-0.3, -0.25) is 0 Å². The Morgan fingerprint density at radius 3 is 1.00 bits per heavy atom. The van der Waals surface area contributed by atoms with Crippen LogP contribution in [0.4, 0.5) is 0 Å². The van der Waals surface area contributed by atoms with E-state index in [4.69, 9.17) is 49.2 Å². The van der Waals surface area contributed by atoms with Crippen molar-refractivity contribution in [3.8, 4) is 0 Å². The van der Waals surface area contributed by atoms with Crippen molar-refractivity contribution in [2.75, 3.05) is 119 Å². The van der Waals surface area contributed by atoms with E-state index in [0.29, 0.717) is 119 Å². The number of hydrogen-bond acceptors (Lipinski definition) is 11. The normalized spacial score (nSPS) is 11.0. The summed E-state index contributed by atoms with van der Waals surface area (Å²) < 4.78 is 42.7. The fourth-order valence-corrected chi connectivity index (χ4v) is 1.88. The number of hydrogen-bond donors (Lipinski definition) is 2. The van der Waals surface area contributed by atoms with Crippen molar-refractivity contribution >= 4 is 0 Å². The lowest BCUT2D eigenvalue weighted by Gasteiger charge is -2.08. The predicted octanol–water partition coefficient (Wildman–Crippen LogP) is -0.372. The molecule has 0 atom stereocenters. The van der Waals surface area contributed by atoms with Crippen molar-refractivity contribution < 1.29 is 37.9 Å². The molecule has 12 nitrogen and oxygen atoms in total. The minimum atomic E-state index is 0.397. The average Bonchev–Trinajstić information content (AvgIpc) is 2.76. The van der Waals surface area contributed by atoms with E-state index in [1.807, 2.05) is 0 Å². The molecule has 0 spiro atoms. The van der Waals surface area contributed by atoms with E-state index in [1.165, 1.54) is 0 Å². The van der Waals surface area contributed by atoms with Gasteiger partial charge in [0.25, 0.3) is 0 Å².